The van der Waals surface area contributed by atoms with Crippen LogP contribution in [0, 0.1) is 0 Å². The number of hydrogen-bond acceptors (Lipinski definition) is 8. The molecule has 0 unspecified atom stereocenters. The Balaban J connectivity index is 1.10. The van der Waals surface area contributed by atoms with Gasteiger partial charge < -0.3 is 39.9 Å². The molecule has 14 nitrogen and oxygen atoms in total. The van der Waals surface area contributed by atoms with Crippen molar-refractivity contribution < 1.29 is 28.7 Å². The predicted molar refractivity (Wildman–Crippen MR) is 194 cm³/mol. The molecule has 0 saturated carbocycles. The van der Waals surface area contributed by atoms with E-state index in [9.17, 15) is 19.2 Å². The number of hydrogen-bond donors (Lipinski definition) is 4. The number of nitrogens with zero attached hydrogens (tertiary/aromatic N) is 4. The van der Waals surface area contributed by atoms with Gasteiger partial charge in [0.15, 0.2) is 0 Å². The maximum atomic E-state index is 13.3. The molecule has 274 valence electrons. The number of aromatic amines is 2. The molecule has 4 aromatic rings. The molecule has 52 heavy (non-hydrogen) atoms. The molecular formula is C38H46N8O6. The van der Waals surface area contributed by atoms with E-state index in [4.69, 9.17) is 9.47 Å². The van der Waals surface area contributed by atoms with Crippen LogP contribution in [-0.2, 0) is 19.1 Å². The molecule has 0 aliphatic carbocycles. The molecule has 2 aromatic carbocycles. The van der Waals surface area contributed by atoms with Crippen molar-refractivity contribution in [1.29, 1.82) is 0 Å². The fraction of sp³-hybridized carbons (Fsp3) is 0.421. The number of imidazole rings is 2. The number of carbonyl (C=O) groups excluding carboxylic acids is 4. The third-order valence-electron chi connectivity index (χ3n) is 9.99. The van der Waals surface area contributed by atoms with Gasteiger partial charge in [-0.15, -0.1) is 0 Å². The minimum absolute atomic E-state index is 0.138. The van der Waals surface area contributed by atoms with Gasteiger partial charge in [-0.2, -0.15) is 0 Å². The quantitative estimate of drug-likeness (QED) is 0.153. The van der Waals surface area contributed by atoms with E-state index in [1.54, 1.807) is 22.2 Å². The molecule has 2 aliphatic rings. The summed E-state index contributed by atoms with van der Waals surface area (Å²) in [5, 5.41) is 5.28. The highest BCUT2D eigenvalue weighted by molar-refractivity contribution is 5.87. The first-order valence-corrected chi connectivity index (χ1v) is 17.9. The number of carbonyl (C=O) groups is 4. The fourth-order valence-corrected chi connectivity index (χ4v) is 7.10. The number of benzene rings is 2. The van der Waals surface area contributed by atoms with Gasteiger partial charge in [-0.3, -0.25) is 9.59 Å². The van der Waals surface area contributed by atoms with Crippen molar-refractivity contribution in [3.8, 4) is 33.6 Å². The average Bonchev–Trinajstić information content (AvgIpc) is 4.02. The molecular weight excluding hydrogens is 664 g/mol. The zero-order valence-corrected chi connectivity index (χ0v) is 30.0. The molecule has 2 aliphatic heterocycles. The molecule has 4 atom stereocenters. The second kappa shape index (κ2) is 16.1. The lowest BCUT2D eigenvalue weighted by Crippen LogP contribution is -2.48. The monoisotopic (exact) mass is 710 g/mol. The molecule has 2 saturated heterocycles. The predicted octanol–water partition coefficient (Wildman–Crippen LogP) is 5.73. The Morgan fingerprint density at radius 1 is 0.673 bits per heavy atom. The summed E-state index contributed by atoms with van der Waals surface area (Å²) in [5.74, 6) is 1.17. The van der Waals surface area contributed by atoms with Crippen LogP contribution in [0.15, 0.2) is 60.9 Å². The highest BCUT2D eigenvalue weighted by Crippen LogP contribution is 2.34. The van der Waals surface area contributed by atoms with Gasteiger partial charge in [0.2, 0.25) is 11.8 Å². The van der Waals surface area contributed by atoms with Crippen LogP contribution in [0.3, 0.4) is 0 Å². The van der Waals surface area contributed by atoms with E-state index in [1.807, 2.05) is 38.1 Å². The summed E-state index contributed by atoms with van der Waals surface area (Å²) in [5.41, 5.74) is 5.79. The van der Waals surface area contributed by atoms with Gasteiger partial charge in [-0.1, -0.05) is 62.4 Å². The standard InChI is InChI=1S/C38H46N8O6/c1-5-27(43-37(49)51-3)35(47)45-19-7-9-31(45)33-39-21-29(41-33)25-15-11-23(12-16-25)24-13-17-26(18-14-24)30-22-40-34(42-30)32-10-8-20-46(32)36(48)28(6-2)44-38(50)52-4/h11-18,21-22,27-28,31-32H,5-10,19-20H2,1-4H3,(H,39,41)(H,40,42)(H,43,49)(H,44,50)/t27-,28-,31-,32-/m0/s1. The van der Waals surface area contributed by atoms with Crippen LogP contribution < -0.4 is 10.6 Å². The Bertz CT molecular complexity index is 1730. The van der Waals surface area contributed by atoms with E-state index in [1.165, 1.54) is 14.2 Å². The van der Waals surface area contributed by atoms with Crippen LogP contribution in [0.4, 0.5) is 9.59 Å². The smallest absolute Gasteiger partial charge is 0.407 e. The minimum atomic E-state index is -0.654. The highest BCUT2D eigenvalue weighted by Gasteiger charge is 2.37. The first kappa shape index (κ1) is 36.1. The SMILES string of the molecule is CC[C@H](NC(=O)OC)C(=O)N1CCC[C@H]1c1ncc(-c2ccc(-c3ccc(-c4cnc([C@@H]5CCCN5C(=O)[C@H](CC)NC(=O)OC)[nH]4)cc3)cc2)[nH]1. The first-order chi connectivity index (χ1) is 25.2. The van der Waals surface area contributed by atoms with Crippen LogP contribution in [0.1, 0.15) is 76.1 Å². The molecule has 6 rings (SSSR count). The fourth-order valence-electron chi connectivity index (χ4n) is 7.10. The van der Waals surface area contributed by atoms with E-state index < -0.39 is 24.3 Å². The largest absolute Gasteiger partial charge is 0.453 e. The van der Waals surface area contributed by atoms with Gasteiger partial charge in [0.25, 0.3) is 0 Å². The minimum Gasteiger partial charge on any atom is -0.453 e. The van der Waals surface area contributed by atoms with E-state index in [0.717, 1.165) is 71.0 Å². The maximum absolute atomic E-state index is 13.3. The van der Waals surface area contributed by atoms with Gasteiger partial charge in [0, 0.05) is 13.1 Å². The normalized spacial score (nSPS) is 18.2. The Morgan fingerprint density at radius 3 is 1.38 bits per heavy atom. The number of alkyl carbamates (subject to hydrolysis) is 2. The molecule has 2 fully saturated rings. The summed E-state index contributed by atoms with van der Waals surface area (Å²) < 4.78 is 9.40. The Labute approximate surface area is 302 Å². The number of methoxy groups -OCH3 is 2. The second-order valence-electron chi connectivity index (χ2n) is 13.1. The van der Waals surface area contributed by atoms with Crippen LogP contribution in [-0.4, -0.2) is 93.1 Å². The Morgan fingerprint density at radius 2 is 1.04 bits per heavy atom. The zero-order valence-electron chi connectivity index (χ0n) is 30.0. The van der Waals surface area contributed by atoms with Crippen molar-refractivity contribution in [2.24, 2.45) is 0 Å². The molecule has 2 aromatic heterocycles. The molecule has 4 N–H and O–H groups in total. The van der Waals surface area contributed by atoms with Crippen LogP contribution in [0.2, 0.25) is 0 Å². The Hall–Kier alpha value is -5.66. The number of aromatic nitrogens is 4. The number of H-pyrrole nitrogens is 2. The summed E-state index contributed by atoms with van der Waals surface area (Å²) in [6.45, 7) is 4.92. The van der Waals surface area contributed by atoms with Crippen molar-refractivity contribution in [3.63, 3.8) is 0 Å². The number of rotatable bonds is 11. The zero-order chi connectivity index (χ0) is 36.8. The van der Waals surface area contributed by atoms with Crippen molar-refractivity contribution in [3.05, 3.63) is 72.6 Å². The molecule has 0 bridgehead atoms. The average molecular weight is 711 g/mol. The van der Waals surface area contributed by atoms with Crippen LogP contribution >= 0.6 is 0 Å². The van der Waals surface area contributed by atoms with Gasteiger partial charge in [0.1, 0.15) is 23.7 Å². The lowest BCUT2D eigenvalue weighted by molar-refractivity contribution is -0.135. The number of ether oxygens (including phenoxy) is 2. The first-order valence-electron chi connectivity index (χ1n) is 17.9. The third kappa shape index (κ3) is 7.65. The van der Waals surface area contributed by atoms with Gasteiger partial charge in [-0.25, -0.2) is 19.6 Å². The van der Waals surface area contributed by atoms with E-state index in [0.29, 0.717) is 25.9 Å². The van der Waals surface area contributed by atoms with Crippen molar-refractivity contribution in [2.75, 3.05) is 27.3 Å². The number of likely N-dealkylation sites (tertiary alicyclic amines) is 2. The Kier molecular flexibility index (Phi) is 11.2. The van der Waals surface area contributed by atoms with Crippen LogP contribution in [0.25, 0.3) is 33.6 Å². The van der Waals surface area contributed by atoms with Crippen molar-refractivity contribution in [1.82, 2.24) is 40.4 Å². The highest BCUT2D eigenvalue weighted by atomic mass is 16.5. The summed E-state index contributed by atoms with van der Waals surface area (Å²) in [6, 6.07) is 14.8. The second-order valence-corrected chi connectivity index (χ2v) is 13.1. The lowest BCUT2D eigenvalue weighted by Gasteiger charge is -2.27. The summed E-state index contributed by atoms with van der Waals surface area (Å²) in [6.07, 6.45) is 6.55. The van der Waals surface area contributed by atoms with Crippen molar-refractivity contribution >= 4 is 24.0 Å². The number of amides is 4. The third-order valence-corrected chi connectivity index (χ3v) is 9.99. The van der Waals surface area contributed by atoms with Gasteiger partial charge >= 0.3 is 12.2 Å². The summed E-state index contributed by atoms with van der Waals surface area (Å²) in [7, 11) is 2.57. The van der Waals surface area contributed by atoms with Gasteiger partial charge in [-0.05, 0) is 60.8 Å². The number of nitrogens with one attached hydrogen (secondary N) is 4. The van der Waals surface area contributed by atoms with Crippen LogP contribution in [0.5, 0.6) is 0 Å². The molecule has 4 heterocycles. The van der Waals surface area contributed by atoms with E-state index >= 15 is 0 Å². The molecule has 4 amide bonds. The lowest BCUT2D eigenvalue weighted by atomic mass is 10.0. The molecule has 0 radical (unpaired) electrons. The summed E-state index contributed by atoms with van der Waals surface area (Å²) in [4.78, 5) is 69.9. The van der Waals surface area contributed by atoms with E-state index in [2.05, 4.69) is 54.8 Å². The van der Waals surface area contributed by atoms with Gasteiger partial charge in [0.05, 0.1) is 50.1 Å². The molecule has 14 heteroatoms. The van der Waals surface area contributed by atoms with Crippen molar-refractivity contribution in [2.45, 2.75) is 76.5 Å². The maximum Gasteiger partial charge on any atom is 0.407 e. The van der Waals surface area contributed by atoms with E-state index in [-0.39, 0.29) is 23.9 Å². The summed E-state index contributed by atoms with van der Waals surface area (Å²) >= 11 is 0. The topological polar surface area (TPSA) is 175 Å². The molecule has 0 spiro atoms.